The molecule has 0 spiro atoms. The molecule has 1 fully saturated rings. The minimum absolute atomic E-state index is 0.0540. The minimum atomic E-state index is -0.429. The van der Waals surface area contributed by atoms with Crippen molar-refractivity contribution >= 4 is 5.91 Å². The van der Waals surface area contributed by atoms with Crippen molar-refractivity contribution in [1.82, 2.24) is 5.43 Å². The first kappa shape index (κ1) is 12.5. The third-order valence-corrected chi connectivity index (χ3v) is 4.48. The Labute approximate surface area is 113 Å². The van der Waals surface area contributed by atoms with Crippen LogP contribution in [-0.2, 0) is 16.6 Å². The number of benzene rings is 1. The van der Waals surface area contributed by atoms with Gasteiger partial charge in [0.15, 0.2) is 0 Å². The van der Waals surface area contributed by atoms with Gasteiger partial charge in [-0.3, -0.25) is 10.2 Å². The summed E-state index contributed by atoms with van der Waals surface area (Å²) in [5.74, 6) is 6.30. The highest BCUT2D eigenvalue weighted by molar-refractivity contribution is 5.88. The number of hydrazine groups is 1. The molecule has 1 aliphatic heterocycles. The zero-order valence-electron chi connectivity index (χ0n) is 11.1. The second-order valence-corrected chi connectivity index (χ2v) is 5.54. The van der Waals surface area contributed by atoms with Crippen LogP contribution in [0.1, 0.15) is 43.2 Å². The predicted octanol–water partition coefficient (Wildman–Crippen LogP) is 1.81. The Morgan fingerprint density at radius 1 is 1.26 bits per heavy atom. The smallest absolute Gasteiger partial charge is 0.244 e. The van der Waals surface area contributed by atoms with Gasteiger partial charge in [-0.05, 0) is 42.9 Å². The van der Waals surface area contributed by atoms with E-state index in [-0.39, 0.29) is 5.91 Å². The molecule has 0 aromatic heterocycles. The van der Waals surface area contributed by atoms with Crippen molar-refractivity contribution in [2.24, 2.45) is 5.84 Å². The Kier molecular flexibility index (Phi) is 3.19. The second-order valence-electron chi connectivity index (χ2n) is 5.54. The molecule has 1 amide bonds. The van der Waals surface area contributed by atoms with Crippen LogP contribution in [0.25, 0.3) is 0 Å². The van der Waals surface area contributed by atoms with Crippen LogP contribution in [0.15, 0.2) is 18.2 Å². The lowest BCUT2D eigenvalue weighted by atomic mass is 9.77. The van der Waals surface area contributed by atoms with Crippen molar-refractivity contribution in [2.75, 3.05) is 6.61 Å². The van der Waals surface area contributed by atoms with E-state index in [0.717, 1.165) is 56.4 Å². The highest BCUT2D eigenvalue weighted by atomic mass is 16.5. The number of hydrogen-bond donors (Lipinski definition) is 2. The lowest BCUT2D eigenvalue weighted by Gasteiger charge is -2.29. The Morgan fingerprint density at radius 3 is 2.79 bits per heavy atom. The standard InChI is InChI=1S/C15H20N2O2/c16-17-14(18)15(7-1-2-8-15)12-5-6-13-11(10-12)4-3-9-19-13/h5-6,10H,1-4,7-9,16H2,(H,17,18). The van der Waals surface area contributed by atoms with E-state index in [1.807, 2.05) is 12.1 Å². The van der Waals surface area contributed by atoms with E-state index < -0.39 is 5.41 Å². The van der Waals surface area contributed by atoms with E-state index >= 15 is 0 Å². The molecule has 0 unspecified atom stereocenters. The van der Waals surface area contributed by atoms with Gasteiger partial charge in [-0.1, -0.05) is 25.0 Å². The highest BCUT2D eigenvalue weighted by Gasteiger charge is 2.42. The van der Waals surface area contributed by atoms with Gasteiger partial charge in [0.2, 0.25) is 5.91 Å². The highest BCUT2D eigenvalue weighted by Crippen LogP contribution is 2.42. The number of ether oxygens (including phenoxy) is 1. The summed E-state index contributed by atoms with van der Waals surface area (Å²) >= 11 is 0. The van der Waals surface area contributed by atoms with Gasteiger partial charge in [0.1, 0.15) is 5.75 Å². The molecule has 0 radical (unpaired) electrons. The van der Waals surface area contributed by atoms with Crippen LogP contribution >= 0.6 is 0 Å². The van der Waals surface area contributed by atoms with Gasteiger partial charge in [0.25, 0.3) is 0 Å². The number of nitrogens with two attached hydrogens (primary N) is 1. The number of amides is 1. The number of aryl methyl sites for hydroxylation is 1. The molecule has 0 bridgehead atoms. The molecule has 4 heteroatoms. The molecule has 1 heterocycles. The first-order valence-electron chi connectivity index (χ1n) is 7.03. The fraction of sp³-hybridized carbons (Fsp3) is 0.533. The molecule has 4 nitrogen and oxygen atoms in total. The fourth-order valence-corrected chi connectivity index (χ4v) is 3.42. The number of nitrogens with one attached hydrogen (secondary N) is 1. The SMILES string of the molecule is NNC(=O)C1(c2ccc3c(c2)CCCO3)CCCC1. The largest absolute Gasteiger partial charge is 0.493 e. The topological polar surface area (TPSA) is 64.3 Å². The van der Waals surface area contributed by atoms with Gasteiger partial charge < -0.3 is 4.74 Å². The molecule has 102 valence electrons. The zero-order chi connectivity index (χ0) is 13.3. The fourth-order valence-electron chi connectivity index (χ4n) is 3.42. The van der Waals surface area contributed by atoms with E-state index in [9.17, 15) is 4.79 Å². The van der Waals surface area contributed by atoms with Crippen LogP contribution in [-0.4, -0.2) is 12.5 Å². The van der Waals surface area contributed by atoms with Crippen LogP contribution in [0.5, 0.6) is 5.75 Å². The van der Waals surface area contributed by atoms with Crippen molar-refractivity contribution in [1.29, 1.82) is 0 Å². The van der Waals surface area contributed by atoms with Gasteiger partial charge >= 0.3 is 0 Å². The molecule has 1 saturated carbocycles. The molecular formula is C15H20N2O2. The monoisotopic (exact) mass is 260 g/mol. The molecule has 1 aromatic carbocycles. The third kappa shape index (κ3) is 2.00. The average Bonchev–Trinajstić information content (AvgIpc) is 2.96. The molecule has 1 aliphatic carbocycles. The maximum atomic E-state index is 12.2. The molecule has 0 saturated heterocycles. The van der Waals surface area contributed by atoms with E-state index in [1.165, 1.54) is 5.56 Å². The summed E-state index contributed by atoms with van der Waals surface area (Å²) in [6, 6.07) is 6.19. The Morgan fingerprint density at radius 2 is 2.05 bits per heavy atom. The molecule has 19 heavy (non-hydrogen) atoms. The van der Waals surface area contributed by atoms with Crippen LogP contribution in [0, 0.1) is 0 Å². The summed E-state index contributed by atoms with van der Waals surface area (Å²) in [7, 11) is 0. The number of fused-ring (bicyclic) bond motifs is 1. The van der Waals surface area contributed by atoms with Crippen molar-refractivity contribution in [3.8, 4) is 5.75 Å². The minimum Gasteiger partial charge on any atom is -0.493 e. The summed E-state index contributed by atoms with van der Waals surface area (Å²) in [6.45, 7) is 0.792. The number of rotatable bonds is 2. The lowest BCUT2D eigenvalue weighted by Crippen LogP contribution is -2.45. The predicted molar refractivity (Wildman–Crippen MR) is 72.7 cm³/mol. The Bertz CT molecular complexity index is 493. The van der Waals surface area contributed by atoms with Gasteiger partial charge in [0.05, 0.1) is 12.0 Å². The summed E-state index contributed by atoms with van der Waals surface area (Å²) in [5.41, 5.74) is 4.24. The maximum absolute atomic E-state index is 12.2. The average molecular weight is 260 g/mol. The Hall–Kier alpha value is -1.55. The molecule has 2 aliphatic rings. The van der Waals surface area contributed by atoms with Crippen molar-refractivity contribution in [2.45, 2.75) is 43.9 Å². The van der Waals surface area contributed by atoms with Gasteiger partial charge in [0, 0.05) is 0 Å². The second kappa shape index (κ2) is 4.85. The van der Waals surface area contributed by atoms with Gasteiger partial charge in [-0.25, -0.2) is 5.84 Å². The summed E-state index contributed by atoms with van der Waals surface area (Å²) in [5, 5.41) is 0. The van der Waals surface area contributed by atoms with E-state index in [2.05, 4.69) is 11.5 Å². The first-order chi connectivity index (χ1) is 9.26. The molecule has 1 aromatic rings. The maximum Gasteiger partial charge on any atom is 0.244 e. The van der Waals surface area contributed by atoms with Crippen LogP contribution in [0.2, 0.25) is 0 Å². The summed E-state index contributed by atoms with van der Waals surface area (Å²) in [6.07, 6.45) is 6.02. The number of hydrogen-bond acceptors (Lipinski definition) is 3. The Balaban J connectivity index is 2.01. The van der Waals surface area contributed by atoms with Gasteiger partial charge in [-0.15, -0.1) is 0 Å². The van der Waals surface area contributed by atoms with Crippen LogP contribution in [0.4, 0.5) is 0 Å². The van der Waals surface area contributed by atoms with E-state index in [0.29, 0.717) is 0 Å². The quantitative estimate of drug-likeness (QED) is 0.484. The summed E-state index contributed by atoms with van der Waals surface area (Å²) < 4.78 is 5.64. The van der Waals surface area contributed by atoms with Crippen molar-refractivity contribution < 1.29 is 9.53 Å². The van der Waals surface area contributed by atoms with Crippen molar-refractivity contribution in [3.63, 3.8) is 0 Å². The molecule has 0 atom stereocenters. The number of carbonyl (C=O) groups excluding carboxylic acids is 1. The zero-order valence-corrected chi connectivity index (χ0v) is 11.1. The summed E-state index contributed by atoms with van der Waals surface area (Å²) in [4.78, 5) is 12.2. The van der Waals surface area contributed by atoms with E-state index in [4.69, 9.17) is 10.6 Å². The normalized spacial score (nSPS) is 20.5. The first-order valence-corrected chi connectivity index (χ1v) is 7.03. The lowest BCUT2D eigenvalue weighted by molar-refractivity contribution is -0.126. The molecular weight excluding hydrogens is 240 g/mol. The molecule has 3 rings (SSSR count). The van der Waals surface area contributed by atoms with E-state index in [1.54, 1.807) is 0 Å². The van der Waals surface area contributed by atoms with Crippen LogP contribution in [0.3, 0.4) is 0 Å². The van der Waals surface area contributed by atoms with Gasteiger partial charge in [-0.2, -0.15) is 0 Å². The van der Waals surface area contributed by atoms with Crippen molar-refractivity contribution in [3.05, 3.63) is 29.3 Å². The number of carbonyl (C=O) groups is 1. The van der Waals surface area contributed by atoms with Crippen LogP contribution < -0.4 is 16.0 Å². The third-order valence-electron chi connectivity index (χ3n) is 4.48. The molecule has 3 N–H and O–H groups in total.